The number of hydrogen-bond donors (Lipinski definition) is 1. The summed E-state index contributed by atoms with van der Waals surface area (Å²) in [7, 11) is 0. The van der Waals surface area contributed by atoms with Gasteiger partial charge in [-0.15, -0.1) is 0 Å². The topological polar surface area (TPSA) is 12.0 Å². The first-order chi connectivity index (χ1) is 9.31. The van der Waals surface area contributed by atoms with Gasteiger partial charge in [-0.2, -0.15) is 0 Å². The van der Waals surface area contributed by atoms with E-state index in [-0.39, 0.29) is 0 Å². The highest BCUT2D eigenvalue weighted by Crippen LogP contribution is 2.44. The fraction of sp³-hybridized carbons (Fsp3) is 0.294. The van der Waals surface area contributed by atoms with Crippen LogP contribution in [-0.2, 0) is 0 Å². The van der Waals surface area contributed by atoms with Gasteiger partial charge in [0.25, 0.3) is 0 Å². The summed E-state index contributed by atoms with van der Waals surface area (Å²) in [4.78, 5) is 2.64. The molecule has 2 heteroatoms. The molecule has 0 bridgehead atoms. The van der Waals surface area contributed by atoms with Gasteiger partial charge < -0.3 is 5.32 Å². The fourth-order valence-electron chi connectivity index (χ4n) is 2.67. The van der Waals surface area contributed by atoms with Crippen molar-refractivity contribution in [3.8, 4) is 0 Å². The largest absolute Gasteiger partial charge is 0.354 e. The first-order valence-electron chi connectivity index (χ1n) is 6.99. The summed E-state index contributed by atoms with van der Waals surface area (Å²) in [6.07, 6.45) is 2.41. The van der Waals surface area contributed by atoms with Gasteiger partial charge in [0, 0.05) is 9.79 Å². The van der Waals surface area contributed by atoms with Crippen molar-refractivity contribution in [2.45, 2.75) is 42.4 Å². The van der Waals surface area contributed by atoms with Crippen LogP contribution in [0, 0.1) is 0 Å². The van der Waals surface area contributed by atoms with E-state index < -0.39 is 0 Å². The fourth-order valence-corrected chi connectivity index (χ4v) is 3.64. The Bertz CT molecular complexity index is 588. The molecule has 0 aliphatic carbocycles. The van der Waals surface area contributed by atoms with Crippen molar-refractivity contribution in [3.05, 3.63) is 48.0 Å². The molecular weight excluding hydrogens is 250 g/mol. The minimum atomic E-state index is 0.675. The Balaban J connectivity index is 1.96. The SMILES string of the molecule is CCC(CC)c1ccc2c(c1)Nc1ccccc1S2. The Morgan fingerprint density at radius 2 is 1.68 bits per heavy atom. The Morgan fingerprint density at radius 3 is 2.47 bits per heavy atom. The van der Waals surface area contributed by atoms with Gasteiger partial charge >= 0.3 is 0 Å². The molecule has 0 saturated heterocycles. The van der Waals surface area contributed by atoms with Gasteiger partial charge in [-0.3, -0.25) is 0 Å². The molecule has 1 nitrogen and oxygen atoms in total. The zero-order chi connectivity index (χ0) is 13.2. The maximum absolute atomic E-state index is 3.56. The van der Waals surface area contributed by atoms with Gasteiger partial charge in [0.05, 0.1) is 11.4 Å². The number of benzene rings is 2. The molecule has 3 rings (SSSR count). The molecule has 2 aromatic carbocycles. The van der Waals surface area contributed by atoms with E-state index in [4.69, 9.17) is 0 Å². The Hall–Kier alpha value is -1.41. The number of rotatable bonds is 3. The first kappa shape index (κ1) is 12.6. The molecule has 1 heterocycles. The molecule has 0 radical (unpaired) electrons. The van der Waals surface area contributed by atoms with E-state index in [1.165, 1.54) is 39.6 Å². The molecule has 1 aliphatic heterocycles. The van der Waals surface area contributed by atoms with Gasteiger partial charge in [-0.1, -0.05) is 43.8 Å². The summed E-state index contributed by atoms with van der Waals surface area (Å²) in [5, 5.41) is 3.56. The molecule has 0 fully saturated rings. The number of anilines is 2. The summed E-state index contributed by atoms with van der Waals surface area (Å²) in [6.45, 7) is 4.54. The van der Waals surface area contributed by atoms with Crippen molar-refractivity contribution in [2.75, 3.05) is 5.32 Å². The molecule has 2 aromatic rings. The predicted molar refractivity (Wildman–Crippen MR) is 83.6 cm³/mol. The second kappa shape index (κ2) is 5.30. The summed E-state index contributed by atoms with van der Waals surface area (Å²) in [6, 6.07) is 15.4. The minimum Gasteiger partial charge on any atom is -0.354 e. The standard InChI is InChI=1S/C17H19NS/c1-3-12(4-2)13-9-10-17-15(11-13)18-14-7-5-6-8-16(14)19-17/h5-12,18H,3-4H2,1-2H3. The van der Waals surface area contributed by atoms with Crippen LogP contribution in [0.4, 0.5) is 11.4 Å². The van der Waals surface area contributed by atoms with Crippen molar-refractivity contribution in [1.29, 1.82) is 0 Å². The third-order valence-electron chi connectivity index (χ3n) is 3.84. The Labute approximate surface area is 119 Å². The van der Waals surface area contributed by atoms with E-state index in [2.05, 4.69) is 61.6 Å². The van der Waals surface area contributed by atoms with Gasteiger partial charge in [0.2, 0.25) is 0 Å². The maximum Gasteiger partial charge on any atom is 0.0529 e. The number of nitrogens with one attached hydrogen (secondary N) is 1. The molecule has 0 amide bonds. The summed E-state index contributed by atoms with van der Waals surface area (Å²) >= 11 is 1.86. The monoisotopic (exact) mass is 269 g/mol. The molecule has 19 heavy (non-hydrogen) atoms. The van der Waals surface area contributed by atoms with Crippen LogP contribution >= 0.6 is 11.8 Å². The molecule has 0 atom stereocenters. The van der Waals surface area contributed by atoms with Gasteiger partial charge in [0.1, 0.15) is 0 Å². The van der Waals surface area contributed by atoms with Crippen LogP contribution in [0.5, 0.6) is 0 Å². The lowest BCUT2D eigenvalue weighted by Crippen LogP contribution is -2.02. The Morgan fingerprint density at radius 1 is 0.947 bits per heavy atom. The lowest BCUT2D eigenvalue weighted by Gasteiger charge is -2.23. The molecule has 0 unspecified atom stereocenters. The lowest BCUT2D eigenvalue weighted by molar-refractivity contribution is 0.641. The molecule has 0 spiro atoms. The van der Waals surface area contributed by atoms with Crippen molar-refractivity contribution < 1.29 is 0 Å². The zero-order valence-corrected chi connectivity index (χ0v) is 12.3. The molecular formula is C17H19NS. The highest BCUT2D eigenvalue weighted by molar-refractivity contribution is 7.99. The second-order valence-electron chi connectivity index (χ2n) is 4.99. The molecule has 98 valence electrons. The van der Waals surface area contributed by atoms with E-state index in [0.29, 0.717) is 5.92 Å². The van der Waals surface area contributed by atoms with Gasteiger partial charge in [-0.05, 0) is 48.6 Å². The van der Waals surface area contributed by atoms with Crippen molar-refractivity contribution in [3.63, 3.8) is 0 Å². The minimum absolute atomic E-state index is 0.675. The van der Waals surface area contributed by atoms with Gasteiger partial charge in [-0.25, -0.2) is 0 Å². The summed E-state index contributed by atoms with van der Waals surface area (Å²) < 4.78 is 0. The van der Waals surface area contributed by atoms with Crippen LogP contribution < -0.4 is 5.32 Å². The van der Waals surface area contributed by atoms with Crippen LogP contribution in [0.2, 0.25) is 0 Å². The van der Waals surface area contributed by atoms with Crippen LogP contribution in [0.3, 0.4) is 0 Å². The normalized spacial score (nSPS) is 12.8. The highest BCUT2D eigenvalue weighted by Gasteiger charge is 2.16. The van der Waals surface area contributed by atoms with E-state index >= 15 is 0 Å². The smallest absolute Gasteiger partial charge is 0.0529 e. The van der Waals surface area contributed by atoms with E-state index in [9.17, 15) is 0 Å². The highest BCUT2D eigenvalue weighted by atomic mass is 32.2. The zero-order valence-electron chi connectivity index (χ0n) is 11.4. The average Bonchev–Trinajstić information content (AvgIpc) is 2.46. The van der Waals surface area contributed by atoms with Crippen molar-refractivity contribution in [1.82, 2.24) is 0 Å². The van der Waals surface area contributed by atoms with Crippen LogP contribution in [0.1, 0.15) is 38.2 Å². The van der Waals surface area contributed by atoms with Crippen LogP contribution in [-0.4, -0.2) is 0 Å². The average molecular weight is 269 g/mol. The van der Waals surface area contributed by atoms with E-state index in [1.54, 1.807) is 0 Å². The number of hydrogen-bond acceptors (Lipinski definition) is 2. The third kappa shape index (κ3) is 2.37. The third-order valence-corrected chi connectivity index (χ3v) is 4.99. The van der Waals surface area contributed by atoms with Crippen molar-refractivity contribution in [2.24, 2.45) is 0 Å². The summed E-state index contributed by atoms with van der Waals surface area (Å²) in [5.41, 5.74) is 3.94. The quantitative estimate of drug-likeness (QED) is 0.645. The van der Waals surface area contributed by atoms with Crippen LogP contribution in [0.15, 0.2) is 52.3 Å². The van der Waals surface area contributed by atoms with E-state index in [1.807, 2.05) is 11.8 Å². The molecule has 0 saturated carbocycles. The first-order valence-corrected chi connectivity index (χ1v) is 7.81. The number of fused-ring (bicyclic) bond motifs is 2. The maximum atomic E-state index is 3.56. The molecule has 1 aliphatic rings. The van der Waals surface area contributed by atoms with Crippen LogP contribution in [0.25, 0.3) is 0 Å². The second-order valence-corrected chi connectivity index (χ2v) is 6.08. The molecule has 0 aromatic heterocycles. The lowest BCUT2D eigenvalue weighted by atomic mass is 9.93. The van der Waals surface area contributed by atoms with E-state index in [0.717, 1.165) is 0 Å². The molecule has 1 N–H and O–H groups in total. The van der Waals surface area contributed by atoms with Gasteiger partial charge in [0.15, 0.2) is 0 Å². The number of para-hydroxylation sites is 1. The Kier molecular flexibility index (Phi) is 3.52. The van der Waals surface area contributed by atoms with Crippen molar-refractivity contribution >= 4 is 23.1 Å². The predicted octanol–water partition coefficient (Wildman–Crippen LogP) is 5.80. The summed E-state index contributed by atoms with van der Waals surface area (Å²) in [5.74, 6) is 0.675.